The second-order valence-electron chi connectivity index (χ2n) is 7.39. The number of pyridine rings is 1. The molecule has 30 heavy (non-hydrogen) atoms. The van der Waals surface area contributed by atoms with E-state index in [0.29, 0.717) is 25.4 Å². The summed E-state index contributed by atoms with van der Waals surface area (Å²) in [6.07, 6.45) is -0.390. The highest BCUT2D eigenvalue weighted by atomic mass is 32.2. The summed E-state index contributed by atoms with van der Waals surface area (Å²) in [4.78, 5) is 15.7. The average Bonchev–Trinajstić information content (AvgIpc) is 2.75. The Morgan fingerprint density at radius 2 is 1.90 bits per heavy atom. The number of sulfonamides is 1. The second kappa shape index (κ2) is 8.69. The first-order valence-electron chi connectivity index (χ1n) is 9.80. The van der Waals surface area contributed by atoms with E-state index in [1.807, 2.05) is 25.1 Å². The molecule has 0 amide bonds. The number of hydrogen-bond acceptors (Lipinski definition) is 5. The van der Waals surface area contributed by atoms with Crippen LogP contribution in [0, 0.1) is 6.92 Å². The third-order valence-corrected chi connectivity index (χ3v) is 6.92. The van der Waals surface area contributed by atoms with Crippen molar-refractivity contribution in [3.63, 3.8) is 0 Å². The van der Waals surface area contributed by atoms with Gasteiger partial charge in [-0.1, -0.05) is 29.8 Å². The Kier molecular flexibility index (Phi) is 6.01. The zero-order valence-corrected chi connectivity index (χ0v) is 17.5. The monoisotopic (exact) mass is 428 g/mol. The van der Waals surface area contributed by atoms with Crippen LogP contribution in [-0.2, 0) is 26.0 Å². The number of fused-ring (bicyclic) bond motifs is 1. The van der Waals surface area contributed by atoms with Gasteiger partial charge in [-0.05, 0) is 42.6 Å². The molecule has 1 aromatic heterocycles. The highest BCUT2D eigenvalue weighted by Crippen LogP contribution is 2.21. The van der Waals surface area contributed by atoms with Crippen molar-refractivity contribution < 1.29 is 17.9 Å². The van der Waals surface area contributed by atoms with Crippen molar-refractivity contribution in [3.8, 4) is 0 Å². The Balaban J connectivity index is 1.71. The molecular formula is C22H24N2O5S. The molecular weight excluding hydrogens is 404 g/mol. The quantitative estimate of drug-likeness (QED) is 0.652. The lowest BCUT2D eigenvalue weighted by Gasteiger charge is -2.29. The molecule has 0 radical (unpaired) electrons. The number of nitrogens with zero attached hydrogens (tertiary/aromatic N) is 1. The van der Waals surface area contributed by atoms with Gasteiger partial charge in [0.2, 0.25) is 10.0 Å². The van der Waals surface area contributed by atoms with Gasteiger partial charge in [-0.3, -0.25) is 4.79 Å². The summed E-state index contributed by atoms with van der Waals surface area (Å²) >= 11 is 0. The van der Waals surface area contributed by atoms with E-state index in [1.54, 1.807) is 36.4 Å². The van der Waals surface area contributed by atoms with Gasteiger partial charge in [0.05, 0.1) is 30.8 Å². The van der Waals surface area contributed by atoms with Crippen molar-refractivity contribution in [1.82, 2.24) is 9.29 Å². The van der Waals surface area contributed by atoms with Crippen LogP contribution in [0.25, 0.3) is 10.9 Å². The van der Waals surface area contributed by atoms with Crippen LogP contribution in [0.4, 0.5) is 0 Å². The normalized spacial score (nSPS) is 17.5. The lowest BCUT2D eigenvalue weighted by atomic mass is 10.1. The van der Waals surface area contributed by atoms with Crippen LogP contribution >= 0.6 is 0 Å². The molecule has 1 N–H and O–H groups in total. The number of aryl methyl sites for hydroxylation is 1. The summed E-state index contributed by atoms with van der Waals surface area (Å²) in [5.41, 5.74) is 1.85. The number of aromatic nitrogens is 1. The number of nitrogens with one attached hydrogen (secondary N) is 1. The molecule has 1 atom stereocenters. The molecule has 0 spiro atoms. The molecule has 0 saturated carbocycles. The van der Waals surface area contributed by atoms with E-state index in [2.05, 4.69) is 4.98 Å². The van der Waals surface area contributed by atoms with E-state index in [0.717, 1.165) is 16.5 Å². The van der Waals surface area contributed by atoms with Crippen LogP contribution in [0.3, 0.4) is 0 Å². The van der Waals surface area contributed by atoms with E-state index in [9.17, 15) is 13.2 Å². The first kappa shape index (κ1) is 20.7. The molecule has 1 aliphatic rings. The number of hydrogen-bond donors (Lipinski definition) is 1. The van der Waals surface area contributed by atoms with Crippen molar-refractivity contribution in [3.05, 3.63) is 76.1 Å². The van der Waals surface area contributed by atoms with Gasteiger partial charge in [-0.2, -0.15) is 4.31 Å². The maximum absolute atomic E-state index is 13.4. The highest BCUT2D eigenvalue weighted by molar-refractivity contribution is 7.89. The molecule has 0 unspecified atom stereocenters. The summed E-state index contributed by atoms with van der Waals surface area (Å²) < 4.78 is 39.1. The molecule has 2 aromatic carbocycles. The fourth-order valence-electron chi connectivity index (χ4n) is 3.54. The van der Waals surface area contributed by atoms with E-state index in [1.165, 1.54) is 4.31 Å². The van der Waals surface area contributed by atoms with Crippen LogP contribution in [0.1, 0.15) is 11.1 Å². The minimum atomic E-state index is -3.83. The zero-order valence-electron chi connectivity index (χ0n) is 16.7. The van der Waals surface area contributed by atoms with Gasteiger partial charge in [0, 0.05) is 24.2 Å². The Labute approximate surface area is 175 Å². The summed E-state index contributed by atoms with van der Waals surface area (Å²) in [5.74, 6) is 0. The van der Waals surface area contributed by atoms with Gasteiger partial charge >= 0.3 is 0 Å². The van der Waals surface area contributed by atoms with E-state index in [-0.39, 0.29) is 29.6 Å². The van der Waals surface area contributed by atoms with Gasteiger partial charge in [-0.15, -0.1) is 0 Å². The van der Waals surface area contributed by atoms with Crippen LogP contribution < -0.4 is 5.56 Å². The average molecular weight is 429 g/mol. The number of H-pyrrole nitrogens is 1. The van der Waals surface area contributed by atoms with Crippen molar-refractivity contribution >= 4 is 20.9 Å². The fourth-order valence-corrected chi connectivity index (χ4v) is 5.01. The van der Waals surface area contributed by atoms with E-state index >= 15 is 0 Å². The molecule has 3 aromatic rings. The van der Waals surface area contributed by atoms with E-state index in [4.69, 9.17) is 9.47 Å². The highest BCUT2D eigenvalue weighted by Gasteiger charge is 2.29. The standard InChI is InChI=1S/C22H24N2O5S/c1-16-7-8-21-17(11-16)12-18(22(25)23-21)13-24(14-19-15-28-9-10-29-19)30(26,27)20-5-3-2-4-6-20/h2-8,11-12,19H,9-10,13-15H2,1H3,(H,23,25)/t19-/m0/s1. The van der Waals surface area contributed by atoms with Crippen LogP contribution in [-0.4, -0.2) is 50.2 Å². The summed E-state index contributed by atoms with van der Waals surface area (Å²) in [6, 6.07) is 15.7. The molecule has 7 nitrogen and oxygen atoms in total. The maximum Gasteiger partial charge on any atom is 0.252 e. The zero-order chi connectivity index (χ0) is 21.1. The molecule has 4 rings (SSSR count). The number of ether oxygens (including phenoxy) is 2. The summed E-state index contributed by atoms with van der Waals surface area (Å²) in [6.45, 7) is 3.23. The third kappa shape index (κ3) is 4.46. The number of benzene rings is 2. The fraction of sp³-hybridized carbons (Fsp3) is 0.318. The largest absolute Gasteiger partial charge is 0.376 e. The first-order valence-corrected chi connectivity index (χ1v) is 11.2. The molecule has 0 aliphatic carbocycles. The van der Waals surface area contributed by atoms with Crippen LogP contribution in [0.2, 0.25) is 0 Å². The lowest BCUT2D eigenvalue weighted by Crippen LogP contribution is -2.43. The molecule has 2 heterocycles. The minimum absolute atomic E-state index is 0.0592. The van der Waals surface area contributed by atoms with Gasteiger partial charge < -0.3 is 14.5 Å². The molecule has 1 fully saturated rings. The molecule has 158 valence electrons. The molecule has 1 saturated heterocycles. The third-order valence-electron chi connectivity index (χ3n) is 5.10. The Morgan fingerprint density at radius 3 is 2.63 bits per heavy atom. The SMILES string of the molecule is Cc1ccc2[nH]c(=O)c(CN(C[C@H]3COCCO3)S(=O)(=O)c3ccccc3)cc2c1. The van der Waals surface area contributed by atoms with Gasteiger partial charge in [0.25, 0.3) is 5.56 Å². The maximum atomic E-state index is 13.4. The Morgan fingerprint density at radius 1 is 1.10 bits per heavy atom. The second-order valence-corrected chi connectivity index (χ2v) is 9.33. The van der Waals surface area contributed by atoms with Crippen LogP contribution in [0.5, 0.6) is 0 Å². The number of rotatable bonds is 6. The minimum Gasteiger partial charge on any atom is -0.376 e. The molecule has 1 aliphatic heterocycles. The molecule has 8 heteroatoms. The van der Waals surface area contributed by atoms with Gasteiger partial charge in [0.15, 0.2) is 0 Å². The van der Waals surface area contributed by atoms with Crippen LogP contribution in [0.15, 0.2) is 64.3 Å². The predicted molar refractivity (Wildman–Crippen MR) is 114 cm³/mol. The molecule has 0 bridgehead atoms. The first-order chi connectivity index (χ1) is 14.4. The van der Waals surface area contributed by atoms with Crippen molar-refractivity contribution in [2.45, 2.75) is 24.5 Å². The van der Waals surface area contributed by atoms with E-state index < -0.39 is 10.0 Å². The predicted octanol–water partition coefficient (Wildman–Crippen LogP) is 2.44. The summed E-state index contributed by atoms with van der Waals surface area (Å²) in [5, 5.41) is 0.860. The lowest BCUT2D eigenvalue weighted by molar-refractivity contribution is -0.0923. The van der Waals surface area contributed by atoms with Crippen molar-refractivity contribution in [1.29, 1.82) is 0 Å². The van der Waals surface area contributed by atoms with Gasteiger partial charge in [0.1, 0.15) is 0 Å². The van der Waals surface area contributed by atoms with Crippen molar-refractivity contribution in [2.24, 2.45) is 0 Å². The number of aromatic amines is 1. The smallest absolute Gasteiger partial charge is 0.252 e. The Hall–Kier alpha value is -2.52. The van der Waals surface area contributed by atoms with Crippen molar-refractivity contribution in [2.75, 3.05) is 26.4 Å². The topological polar surface area (TPSA) is 88.7 Å². The Bertz CT molecular complexity index is 1190. The van der Waals surface area contributed by atoms with Gasteiger partial charge in [-0.25, -0.2) is 8.42 Å². The summed E-state index contributed by atoms with van der Waals surface area (Å²) in [7, 11) is -3.83.